The highest BCUT2D eigenvalue weighted by molar-refractivity contribution is 8.00. The van der Waals surface area contributed by atoms with Crippen LogP contribution in [0.4, 0.5) is 0 Å². The third kappa shape index (κ3) is 3.44. The number of rotatable bonds is 4. The number of thioether (sulfide) groups is 1. The number of nitrogens with zero attached hydrogens (tertiary/aromatic N) is 1. The molecular formula is C15H23NO3S2. The Kier molecular flexibility index (Phi) is 5.35. The molecule has 1 aromatic rings. The summed E-state index contributed by atoms with van der Waals surface area (Å²) in [5.74, 6) is 0.843. The average Bonchev–Trinajstić information content (AvgIpc) is 2.49. The fourth-order valence-electron chi connectivity index (χ4n) is 2.55. The standard InChI is InChI=1S/C15H23NO3S2/c1-4-14-9-16(5-6-20-14)21(18,19)15-8-13(10-17)7-11(2)12(15)3/h7-8,14,17H,4-6,9-10H2,1-3H3. The molecule has 6 heteroatoms. The Morgan fingerprint density at radius 2 is 2.10 bits per heavy atom. The number of benzene rings is 1. The molecule has 0 aromatic heterocycles. The summed E-state index contributed by atoms with van der Waals surface area (Å²) >= 11 is 1.85. The van der Waals surface area contributed by atoms with E-state index in [4.69, 9.17) is 0 Å². The van der Waals surface area contributed by atoms with Crippen molar-refractivity contribution in [2.75, 3.05) is 18.8 Å². The zero-order chi connectivity index (χ0) is 15.6. The zero-order valence-electron chi connectivity index (χ0n) is 12.8. The largest absolute Gasteiger partial charge is 0.392 e. The van der Waals surface area contributed by atoms with E-state index in [2.05, 4.69) is 6.92 Å². The average molecular weight is 329 g/mol. The van der Waals surface area contributed by atoms with Gasteiger partial charge in [-0.05, 0) is 43.0 Å². The molecule has 1 unspecified atom stereocenters. The topological polar surface area (TPSA) is 57.6 Å². The Morgan fingerprint density at radius 3 is 2.71 bits per heavy atom. The SMILES string of the molecule is CCC1CN(S(=O)(=O)c2cc(CO)cc(C)c2C)CCS1. The van der Waals surface area contributed by atoms with Gasteiger partial charge in [0.1, 0.15) is 0 Å². The molecule has 1 N–H and O–H groups in total. The van der Waals surface area contributed by atoms with E-state index < -0.39 is 10.0 Å². The summed E-state index contributed by atoms with van der Waals surface area (Å²) in [6.45, 7) is 6.80. The van der Waals surface area contributed by atoms with Crippen LogP contribution in [0.1, 0.15) is 30.0 Å². The Labute approximate surface area is 131 Å². The van der Waals surface area contributed by atoms with Crippen molar-refractivity contribution >= 4 is 21.8 Å². The molecule has 118 valence electrons. The van der Waals surface area contributed by atoms with Gasteiger partial charge in [-0.25, -0.2) is 8.42 Å². The normalized spacial score (nSPS) is 20.7. The van der Waals surface area contributed by atoms with Crippen LogP contribution < -0.4 is 0 Å². The van der Waals surface area contributed by atoms with Gasteiger partial charge in [-0.1, -0.05) is 13.0 Å². The molecule has 0 amide bonds. The van der Waals surface area contributed by atoms with Crippen molar-refractivity contribution in [1.29, 1.82) is 0 Å². The van der Waals surface area contributed by atoms with Gasteiger partial charge in [0.15, 0.2) is 0 Å². The van der Waals surface area contributed by atoms with Crippen LogP contribution in [0.2, 0.25) is 0 Å². The van der Waals surface area contributed by atoms with Gasteiger partial charge in [0.05, 0.1) is 11.5 Å². The molecule has 1 aliphatic rings. The van der Waals surface area contributed by atoms with E-state index in [1.807, 2.05) is 31.7 Å². The van der Waals surface area contributed by atoms with Crippen molar-refractivity contribution in [2.45, 2.75) is 43.9 Å². The van der Waals surface area contributed by atoms with Crippen LogP contribution in [0.15, 0.2) is 17.0 Å². The van der Waals surface area contributed by atoms with Crippen LogP contribution in [-0.4, -0.2) is 41.9 Å². The van der Waals surface area contributed by atoms with E-state index in [-0.39, 0.29) is 6.61 Å². The first-order valence-corrected chi connectivity index (χ1v) is 9.71. The quantitative estimate of drug-likeness (QED) is 0.921. The van der Waals surface area contributed by atoms with Crippen LogP contribution in [0.3, 0.4) is 0 Å². The molecule has 1 saturated heterocycles. The number of hydrogen-bond acceptors (Lipinski definition) is 4. The molecular weight excluding hydrogens is 306 g/mol. The van der Waals surface area contributed by atoms with Gasteiger partial charge in [-0.15, -0.1) is 0 Å². The van der Waals surface area contributed by atoms with Gasteiger partial charge in [-0.3, -0.25) is 0 Å². The predicted octanol–water partition coefficient (Wildman–Crippen LogP) is 2.31. The molecule has 1 aromatic carbocycles. The third-order valence-corrected chi connectivity index (χ3v) is 7.40. The number of sulfonamides is 1. The van der Waals surface area contributed by atoms with E-state index in [1.165, 1.54) is 0 Å². The first-order valence-electron chi connectivity index (χ1n) is 7.22. The monoisotopic (exact) mass is 329 g/mol. The van der Waals surface area contributed by atoms with Gasteiger partial charge >= 0.3 is 0 Å². The second kappa shape index (κ2) is 6.69. The van der Waals surface area contributed by atoms with E-state index in [9.17, 15) is 13.5 Å². The van der Waals surface area contributed by atoms with E-state index in [0.717, 1.165) is 23.3 Å². The van der Waals surface area contributed by atoms with Crippen LogP contribution >= 0.6 is 11.8 Å². The van der Waals surface area contributed by atoms with E-state index >= 15 is 0 Å². The maximum Gasteiger partial charge on any atom is 0.243 e. The lowest BCUT2D eigenvalue weighted by Gasteiger charge is -2.31. The molecule has 1 fully saturated rings. The summed E-state index contributed by atoms with van der Waals surface area (Å²) in [6.07, 6.45) is 0.978. The summed E-state index contributed by atoms with van der Waals surface area (Å²) in [5.41, 5.74) is 2.33. The minimum atomic E-state index is -3.48. The molecule has 0 radical (unpaired) electrons. The van der Waals surface area contributed by atoms with Crippen LogP contribution in [0.5, 0.6) is 0 Å². The number of aliphatic hydroxyl groups excluding tert-OH is 1. The Bertz CT molecular complexity index is 614. The smallest absolute Gasteiger partial charge is 0.243 e. The summed E-state index contributed by atoms with van der Waals surface area (Å²) < 4.78 is 27.4. The van der Waals surface area contributed by atoms with Crippen molar-refractivity contribution in [3.05, 3.63) is 28.8 Å². The molecule has 1 heterocycles. The number of aryl methyl sites for hydroxylation is 1. The van der Waals surface area contributed by atoms with Crippen LogP contribution in [0, 0.1) is 13.8 Å². The summed E-state index contributed by atoms with van der Waals surface area (Å²) in [4.78, 5) is 0.341. The second-order valence-electron chi connectivity index (χ2n) is 5.46. The molecule has 2 rings (SSSR count). The molecule has 0 bridgehead atoms. The number of hydrogen-bond donors (Lipinski definition) is 1. The van der Waals surface area contributed by atoms with Crippen LogP contribution in [-0.2, 0) is 16.6 Å². The van der Waals surface area contributed by atoms with Gasteiger partial charge in [0, 0.05) is 24.1 Å². The van der Waals surface area contributed by atoms with Gasteiger partial charge in [-0.2, -0.15) is 16.1 Å². The number of aliphatic hydroxyl groups is 1. The molecule has 4 nitrogen and oxygen atoms in total. The first kappa shape index (κ1) is 16.8. The lowest BCUT2D eigenvalue weighted by molar-refractivity contribution is 0.281. The molecule has 0 saturated carbocycles. The fourth-order valence-corrected chi connectivity index (χ4v) is 5.78. The minimum Gasteiger partial charge on any atom is -0.392 e. The molecule has 1 aliphatic heterocycles. The molecule has 0 spiro atoms. The Balaban J connectivity index is 2.41. The van der Waals surface area contributed by atoms with Crippen LogP contribution in [0.25, 0.3) is 0 Å². The lowest BCUT2D eigenvalue weighted by Crippen LogP contribution is -2.42. The minimum absolute atomic E-state index is 0.142. The highest BCUT2D eigenvalue weighted by Gasteiger charge is 2.31. The highest BCUT2D eigenvalue weighted by Crippen LogP contribution is 2.29. The van der Waals surface area contributed by atoms with Crippen molar-refractivity contribution < 1.29 is 13.5 Å². The van der Waals surface area contributed by atoms with E-state index in [0.29, 0.717) is 28.8 Å². The zero-order valence-corrected chi connectivity index (χ0v) is 14.4. The highest BCUT2D eigenvalue weighted by atomic mass is 32.2. The van der Waals surface area contributed by atoms with Crippen molar-refractivity contribution in [3.8, 4) is 0 Å². The first-order chi connectivity index (χ1) is 9.90. The second-order valence-corrected chi connectivity index (χ2v) is 8.77. The van der Waals surface area contributed by atoms with Gasteiger partial charge < -0.3 is 5.11 Å². The Morgan fingerprint density at radius 1 is 1.38 bits per heavy atom. The maximum absolute atomic E-state index is 12.9. The fraction of sp³-hybridized carbons (Fsp3) is 0.600. The van der Waals surface area contributed by atoms with E-state index in [1.54, 1.807) is 10.4 Å². The maximum atomic E-state index is 12.9. The lowest BCUT2D eigenvalue weighted by atomic mass is 10.1. The van der Waals surface area contributed by atoms with Crippen molar-refractivity contribution in [1.82, 2.24) is 4.31 Å². The van der Waals surface area contributed by atoms with Gasteiger partial charge in [0.2, 0.25) is 10.0 Å². The van der Waals surface area contributed by atoms with Crippen molar-refractivity contribution in [2.24, 2.45) is 0 Å². The molecule has 0 aliphatic carbocycles. The molecule has 1 atom stereocenters. The molecule has 21 heavy (non-hydrogen) atoms. The van der Waals surface area contributed by atoms with Gasteiger partial charge in [0.25, 0.3) is 0 Å². The summed E-state index contributed by atoms with van der Waals surface area (Å²) in [7, 11) is -3.48. The summed E-state index contributed by atoms with van der Waals surface area (Å²) in [6, 6.07) is 3.45. The third-order valence-electron chi connectivity index (χ3n) is 4.04. The Hall–Kier alpha value is -0.560. The van der Waals surface area contributed by atoms with Crippen molar-refractivity contribution in [3.63, 3.8) is 0 Å². The summed E-state index contributed by atoms with van der Waals surface area (Å²) in [5, 5.41) is 9.69. The predicted molar refractivity (Wildman–Crippen MR) is 87.1 cm³/mol.